The number of hydrogen-bond donors (Lipinski definition) is 1. The summed E-state index contributed by atoms with van der Waals surface area (Å²) in [5, 5.41) is 8.66. The van der Waals surface area contributed by atoms with Crippen LogP contribution >= 0.6 is 0 Å². The second-order valence-electron chi connectivity index (χ2n) is 3.05. The summed E-state index contributed by atoms with van der Waals surface area (Å²) >= 11 is 0. The number of ether oxygens (including phenoxy) is 1. The van der Waals surface area contributed by atoms with E-state index in [1.54, 1.807) is 6.92 Å². The molecule has 0 aromatic carbocycles. The Bertz CT molecular complexity index is 314. The van der Waals surface area contributed by atoms with Crippen LogP contribution in [0.25, 0.3) is 0 Å². The third kappa shape index (κ3) is 2.60. The highest BCUT2D eigenvalue weighted by Gasteiger charge is 2.12. The van der Waals surface area contributed by atoms with E-state index in [-0.39, 0.29) is 5.76 Å². The largest absolute Gasteiger partial charge is 0.475 e. The van der Waals surface area contributed by atoms with Crippen LogP contribution < -0.4 is 0 Å². The monoisotopic (exact) mass is 198 g/mol. The number of furan rings is 1. The molecule has 0 saturated heterocycles. The van der Waals surface area contributed by atoms with Crippen molar-refractivity contribution in [3.05, 3.63) is 23.2 Å². The lowest BCUT2D eigenvalue weighted by Crippen LogP contribution is -1.94. The molecule has 1 rings (SSSR count). The SMILES string of the molecule is CCCOCc1cc(C(=O)O)oc1C. The first-order valence-corrected chi connectivity index (χ1v) is 4.55. The summed E-state index contributed by atoms with van der Waals surface area (Å²) in [6, 6.07) is 1.51. The van der Waals surface area contributed by atoms with Crippen molar-refractivity contribution in [3.8, 4) is 0 Å². The maximum Gasteiger partial charge on any atom is 0.371 e. The molecule has 1 aromatic heterocycles. The van der Waals surface area contributed by atoms with E-state index in [4.69, 9.17) is 14.3 Å². The fraction of sp³-hybridized carbons (Fsp3) is 0.500. The normalized spacial score (nSPS) is 10.4. The molecule has 4 nitrogen and oxygen atoms in total. The van der Waals surface area contributed by atoms with Gasteiger partial charge in [-0.1, -0.05) is 6.92 Å². The maximum atomic E-state index is 10.6. The molecule has 1 heterocycles. The first kappa shape index (κ1) is 10.8. The zero-order chi connectivity index (χ0) is 10.6. The Labute approximate surface area is 82.5 Å². The molecule has 0 saturated carbocycles. The van der Waals surface area contributed by atoms with Crippen LogP contribution in [0.2, 0.25) is 0 Å². The van der Waals surface area contributed by atoms with Crippen molar-refractivity contribution < 1.29 is 19.1 Å². The van der Waals surface area contributed by atoms with Crippen LogP contribution in [-0.2, 0) is 11.3 Å². The number of hydrogen-bond acceptors (Lipinski definition) is 3. The Morgan fingerprint density at radius 2 is 2.36 bits per heavy atom. The van der Waals surface area contributed by atoms with Gasteiger partial charge in [0.15, 0.2) is 0 Å². The van der Waals surface area contributed by atoms with Gasteiger partial charge >= 0.3 is 5.97 Å². The van der Waals surface area contributed by atoms with Crippen LogP contribution in [0.1, 0.15) is 35.2 Å². The first-order valence-electron chi connectivity index (χ1n) is 4.55. The van der Waals surface area contributed by atoms with Crippen LogP contribution in [0, 0.1) is 6.92 Å². The lowest BCUT2D eigenvalue weighted by Gasteiger charge is -1.99. The summed E-state index contributed by atoms with van der Waals surface area (Å²) in [4.78, 5) is 10.6. The van der Waals surface area contributed by atoms with E-state index in [9.17, 15) is 4.79 Å². The zero-order valence-electron chi connectivity index (χ0n) is 8.37. The molecule has 0 spiro atoms. The molecule has 0 aliphatic carbocycles. The van der Waals surface area contributed by atoms with E-state index in [0.29, 0.717) is 19.0 Å². The number of aryl methyl sites for hydroxylation is 1. The summed E-state index contributed by atoms with van der Waals surface area (Å²) in [6.07, 6.45) is 0.947. The molecule has 0 unspecified atom stereocenters. The Hall–Kier alpha value is -1.29. The van der Waals surface area contributed by atoms with Crippen molar-refractivity contribution >= 4 is 5.97 Å². The van der Waals surface area contributed by atoms with Crippen molar-refractivity contribution in [2.75, 3.05) is 6.61 Å². The summed E-state index contributed by atoms with van der Waals surface area (Å²) < 4.78 is 10.3. The summed E-state index contributed by atoms with van der Waals surface area (Å²) in [6.45, 7) is 4.84. The molecule has 4 heteroatoms. The van der Waals surface area contributed by atoms with Crippen molar-refractivity contribution in [1.29, 1.82) is 0 Å². The molecule has 0 radical (unpaired) electrons. The summed E-state index contributed by atoms with van der Waals surface area (Å²) in [5.74, 6) is -0.467. The minimum Gasteiger partial charge on any atom is -0.475 e. The zero-order valence-corrected chi connectivity index (χ0v) is 8.37. The van der Waals surface area contributed by atoms with Crippen LogP contribution in [0.5, 0.6) is 0 Å². The van der Waals surface area contributed by atoms with Gasteiger partial charge in [0.05, 0.1) is 6.61 Å². The topological polar surface area (TPSA) is 59.7 Å². The van der Waals surface area contributed by atoms with Gasteiger partial charge in [-0.05, 0) is 19.4 Å². The van der Waals surface area contributed by atoms with Gasteiger partial charge in [0.25, 0.3) is 0 Å². The van der Waals surface area contributed by atoms with E-state index in [2.05, 4.69) is 0 Å². The molecule has 0 amide bonds. The number of carboxylic acid groups (broad SMARTS) is 1. The van der Waals surface area contributed by atoms with Crippen molar-refractivity contribution in [2.45, 2.75) is 26.9 Å². The van der Waals surface area contributed by atoms with Gasteiger partial charge in [-0.15, -0.1) is 0 Å². The number of carbonyl (C=O) groups is 1. The third-order valence-corrected chi connectivity index (χ3v) is 1.84. The standard InChI is InChI=1S/C10H14O4/c1-3-4-13-6-8-5-9(10(11)12)14-7(8)2/h5H,3-4,6H2,1-2H3,(H,11,12). The molecular formula is C10H14O4. The summed E-state index contributed by atoms with van der Waals surface area (Å²) in [7, 11) is 0. The highest BCUT2D eigenvalue weighted by atomic mass is 16.5. The molecule has 0 bridgehead atoms. The van der Waals surface area contributed by atoms with Gasteiger partial charge in [-0.2, -0.15) is 0 Å². The summed E-state index contributed by atoms with van der Waals surface area (Å²) in [5.41, 5.74) is 0.802. The molecule has 1 aromatic rings. The van der Waals surface area contributed by atoms with Gasteiger partial charge in [-0.25, -0.2) is 4.79 Å². The fourth-order valence-corrected chi connectivity index (χ4v) is 1.09. The van der Waals surface area contributed by atoms with E-state index in [1.807, 2.05) is 6.92 Å². The average Bonchev–Trinajstić information content (AvgIpc) is 2.49. The van der Waals surface area contributed by atoms with Gasteiger partial charge in [-0.3, -0.25) is 0 Å². The Kier molecular flexibility index (Phi) is 3.71. The molecular weight excluding hydrogens is 184 g/mol. The second-order valence-corrected chi connectivity index (χ2v) is 3.05. The van der Waals surface area contributed by atoms with E-state index >= 15 is 0 Å². The second kappa shape index (κ2) is 4.81. The quantitative estimate of drug-likeness (QED) is 0.737. The minimum absolute atomic E-state index is 0.0300. The van der Waals surface area contributed by atoms with Crippen LogP contribution in [0.4, 0.5) is 0 Å². The fourth-order valence-electron chi connectivity index (χ4n) is 1.09. The van der Waals surface area contributed by atoms with E-state index in [1.165, 1.54) is 6.07 Å². The number of aromatic carboxylic acids is 1. The van der Waals surface area contributed by atoms with Crippen LogP contribution in [-0.4, -0.2) is 17.7 Å². The van der Waals surface area contributed by atoms with Crippen molar-refractivity contribution in [3.63, 3.8) is 0 Å². The maximum absolute atomic E-state index is 10.6. The smallest absolute Gasteiger partial charge is 0.371 e. The number of rotatable bonds is 5. The molecule has 14 heavy (non-hydrogen) atoms. The molecule has 1 N–H and O–H groups in total. The van der Waals surface area contributed by atoms with Gasteiger partial charge in [0.2, 0.25) is 5.76 Å². The molecule has 0 atom stereocenters. The van der Waals surface area contributed by atoms with Gasteiger partial charge in [0, 0.05) is 12.2 Å². The predicted molar refractivity (Wildman–Crippen MR) is 50.4 cm³/mol. The molecule has 78 valence electrons. The Morgan fingerprint density at radius 3 is 2.86 bits per heavy atom. The van der Waals surface area contributed by atoms with E-state index in [0.717, 1.165) is 12.0 Å². The molecule has 0 aliphatic heterocycles. The Balaban J connectivity index is 2.63. The third-order valence-electron chi connectivity index (χ3n) is 1.84. The number of carboxylic acids is 1. The van der Waals surface area contributed by atoms with Crippen molar-refractivity contribution in [1.82, 2.24) is 0 Å². The predicted octanol–water partition coefficient (Wildman–Crippen LogP) is 2.21. The average molecular weight is 198 g/mol. The minimum atomic E-state index is -1.05. The molecule has 0 fully saturated rings. The molecule has 0 aliphatic rings. The lowest BCUT2D eigenvalue weighted by atomic mass is 10.2. The van der Waals surface area contributed by atoms with Crippen LogP contribution in [0.15, 0.2) is 10.5 Å². The van der Waals surface area contributed by atoms with Crippen molar-refractivity contribution in [2.24, 2.45) is 0 Å². The Morgan fingerprint density at radius 1 is 1.64 bits per heavy atom. The van der Waals surface area contributed by atoms with Crippen LogP contribution in [0.3, 0.4) is 0 Å². The lowest BCUT2D eigenvalue weighted by molar-refractivity contribution is 0.0661. The van der Waals surface area contributed by atoms with Gasteiger partial charge < -0.3 is 14.3 Å². The van der Waals surface area contributed by atoms with Gasteiger partial charge in [0.1, 0.15) is 5.76 Å². The highest BCUT2D eigenvalue weighted by Crippen LogP contribution is 2.15. The highest BCUT2D eigenvalue weighted by molar-refractivity contribution is 5.84. The van der Waals surface area contributed by atoms with E-state index < -0.39 is 5.97 Å². The first-order chi connectivity index (χ1) is 6.65.